The SMILES string of the molecule is CCN(CC)Cc1ccccc1CNS(=O)(=O)c1ccc2c(c1)OCCO2. The fourth-order valence-corrected chi connectivity index (χ4v) is 4.04. The van der Waals surface area contributed by atoms with Gasteiger partial charge in [0.25, 0.3) is 0 Å². The molecule has 0 aliphatic carbocycles. The van der Waals surface area contributed by atoms with Crippen LogP contribution in [0.2, 0.25) is 0 Å². The van der Waals surface area contributed by atoms with E-state index in [4.69, 9.17) is 9.47 Å². The predicted octanol–water partition coefficient (Wildman–Crippen LogP) is 2.78. The lowest BCUT2D eigenvalue weighted by molar-refractivity contribution is 0.171. The molecule has 3 rings (SSSR count). The molecule has 0 atom stereocenters. The van der Waals surface area contributed by atoms with E-state index in [2.05, 4.69) is 23.5 Å². The second-order valence-electron chi connectivity index (χ2n) is 6.36. The second kappa shape index (κ2) is 8.73. The van der Waals surface area contributed by atoms with Gasteiger partial charge < -0.3 is 9.47 Å². The van der Waals surface area contributed by atoms with Crippen molar-refractivity contribution in [1.29, 1.82) is 0 Å². The number of nitrogens with zero attached hydrogens (tertiary/aromatic N) is 1. The molecule has 1 aliphatic heterocycles. The van der Waals surface area contributed by atoms with Gasteiger partial charge in [0.15, 0.2) is 11.5 Å². The summed E-state index contributed by atoms with van der Waals surface area (Å²) in [6.07, 6.45) is 0. The van der Waals surface area contributed by atoms with Crippen LogP contribution >= 0.6 is 0 Å². The topological polar surface area (TPSA) is 67.9 Å². The van der Waals surface area contributed by atoms with Crippen LogP contribution in [0.3, 0.4) is 0 Å². The molecular weight excluding hydrogens is 364 g/mol. The highest BCUT2D eigenvalue weighted by Crippen LogP contribution is 2.32. The van der Waals surface area contributed by atoms with Crippen molar-refractivity contribution in [3.63, 3.8) is 0 Å². The van der Waals surface area contributed by atoms with Gasteiger partial charge in [-0.05, 0) is 36.3 Å². The maximum Gasteiger partial charge on any atom is 0.241 e. The van der Waals surface area contributed by atoms with Crippen molar-refractivity contribution in [2.24, 2.45) is 0 Å². The van der Waals surface area contributed by atoms with E-state index in [9.17, 15) is 8.42 Å². The first-order valence-corrected chi connectivity index (χ1v) is 10.7. The number of nitrogens with one attached hydrogen (secondary N) is 1. The normalized spacial score (nSPS) is 13.7. The average molecular weight is 391 g/mol. The quantitative estimate of drug-likeness (QED) is 0.751. The van der Waals surface area contributed by atoms with Gasteiger partial charge in [0.05, 0.1) is 4.90 Å². The fraction of sp³-hybridized carbons (Fsp3) is 0.400. The van der Waals surface area contributed by atoms with Crippen LogP contribution in [0.5, 0.6) is 11.5 Å². The van der Waals surface area contributed by atoms with Crippen LogP contribution in [0.1, 0.15) is 25.0 Å². The molecule has 27 heavy (non-hydrogen) atoms. The molecule has 0 saturated heterocycles. The monoisotopic (exact) mass is 390 g/mol. The lowest BCUT2D eigenvalue weighted by Crippen LogP contribution is -2.26. The molecule has 0 fully saturated rings. The van der Waals surface area contributed by atoms with Crippen molar-refractivity contribution in [2.75, 3.05) is 26.3 Å². The van der Waals surface area contributed by atoms with E-state index in [1.54, 1.807) is 6.07 Å². The summed E-state index contributed by atoms with van der Waals surface area (Å²) in [6.45, 7) is 8.08. The highest BCUT2D eigenvalue weighted by molar-refractivity contribution is 7.89. The van der Waals surface area contributed by atoms with Crippen LogP contribution < -0.4 is 14.2 Å². The van der Waals surface area contributed by atoms with Crippen molar-refractivity contribution in [3.8, 4) is 11.5 Å². The Morgan fingerprint density at radius 3 is 2.33 bits per heavy atom. The van der Waals surface area contributed by atoms with Gasteiger partial charge in [-0.2, -0.15) is 0 Å². The van der Waals surface area contributed by atoms with Crippen molar-refractivity contribution in [2.45, 2.75) is 31.8 Å². The number of benzene rings is 2. The Balaban J connectivity index is 1.74. The maximum absolute atomic E-state index is 12.7. The summed E-state index contributed by atoms with van der Waals surface area (Å²) in [6, 6.07) is 12.6. The van der Waals surface area contributed by atoms with Crippen molar-refractivity contribution in [1.82, 2.24) is 9.62 Å². The molecule has 1 heterocycles. The number of hydrogen-bond acceptors (Lipinski definition) is 5. The summed E-state index contributed by atoms with van der Waals surface area (Å²) in [5.41, 5.74) is 2.11. The minimum absolute atomic E-state index is 0.174. The molecule has 0 radical (unpaired) electrons. The van der Waals surface area contributed by atoms with E-state index >= 15 is 0 Å². The molecular formula is C20H26N2O4S. The number of fused-ring (bicyclic) bond motifs is 1. The Bertz CT molecular complexity index is 879. The third-order valence-electron chi connectivity index (χ3n) is 4.68. The smallest absolute Gasteiger partial charge is 0.241 e. The Labute approximate surface area is 161 Å². The number of sulfonamides is 1. The molecule has 0 unspecified atom stereocenters. The third kappa shape index (κ3) is 4.80. The zero-order chi connectivity index (χ0) is 19.3. The Morgan fingerprint density at radius 2 is 1.63 bits per heavy atom. The second-order valence-corrected chi connectivity index (χ2v) is 8.13. The molecule has 7 heteroatoms. The van der Waals surface area contributed by atoms with E-state index in [-0.39, 0.29) is 11.4 Å². The van der Waals surface area contributed by atoms with Crippen LogP contribution in [0.15, 0.2) is 47.4 Å². The molecule has 0 aromatic heterocycles. The Morgan fingerprint density at radius 1 is 0.963 bits per heavy atom. The summed E-state index contributed by atoms with van der Waals surface area (Å²) in [7, 11) is -3.65. The Kier molecular flexibility index (Phi) is 6.36. The molecule has 6 nitrogen and oxygen atoms in total. The molecule has 2 aromatic carbocycles. The highest BCUT2D eigenvalue weighted by Gasteiger charge is 2.19. The molecule has 1 N–H and O–H groups in total. The number of hydrogen-bond donors (Lipinski definition) is 1. The highest BCUT2D eigenvalue weighted by atomic mass is 32.2. The summed E-state index contributed by atoms with van der Waals surface area (Å²) in [4.78, 5) is 2.47. The van der Waals surface area contributed by atoms with Crippen LogP contribution in [-0.4, -0.2) is 39.6 Å². The van der Waals surface area contributed by atoms with Gasteiger partial charge in [-0.1, -0.05) is 38.1 Å². The van der Waals surface area contributed by atoms with Crippen LogP contribution in [0.4, 0.5) is 0 Å². The molecule has 0 saturated carbocycles. The molecule has 0 bridgehead atoms. The van der Waals surface area contributed by atoms with E-state index in [0.29, 0.717) is 24.7 Å². The number of ether oxygens (including phenoxy) is 2. The van der Waals surface area contributed by atoms with Crippen molar-refractivity contribution < 1.29 is 17.9 Å². The van der Waals surface area contributed by atoms with Crippen molar-refractivity contribution >= 4 is 10.0 Å². The maximum atomic E-state index is 12.7. The van der Waals surface area contributed by atoms with Crippen LogP contribution in [-0.2, 0) is 23.1 Å². The summed E-state index contributed by atoms with van der Waals surface area (Å²) >= 11 is 0. The first kappa shape index (κ1) is 19.7. The predicted molar refractivity (Wildman–Crippen MR) is 105 cm³/mol. The van der Waals surface area contributed by atoms with Gasteiger partial charge >= 0.3 is 0 Å². The first-order chi connectivity index (χ1) is 13.0. The van der Waals surface area contributed by atoms with E-state index in [1.165, 1.54) is 12.1 Å². The minimum atomic E-state index is -3.65. The molecule has 1 aliphatic rings. The van der Waals surface area contributed by atoms with Gasteiger partial charge in [0, 0.05) is 19.2 Å². The zero-order valence-electron chi connectivity index (χ0n) is 15.8. The van der Waals surface area contributed by atoms with Crippen LogP contribution in [0, 0.1) is 0 Å². The van der Waals surface area contributed by atoms with Gasteiger partial charge in [0.2, 0.25) is 10.0 Å². The summed E-state index contributed by atoms with van der Waals surface area (Å²) in [5.74, 6) is 1.04. The third-order valence-corrected chi connectivity index (χ3v) is 6.08. The lowest BCUT2D eigenvalue weighted by atomic mass is 10.1. The van der Waals surface area contributed by atoms with E-state index < -0.39 is 10.0 Å². The largest absolute Gasteiger partial charge is 0.486 e. The molecule has 2 aromatic rings. The summed E-state index contributed by atoms with van der Waals surface area (Å²) < 4.78 is 39.1. The van der Waals surface area contributed by atoms with Crippen LogP contribution in [0.25, 0.3) is 0 Å². The van der Waals surface area contributed by atoms with Crippen molar-refractivity contribution in [3.05, 3.63) is 53.6 Å². The average Bonchev–Trinajstić information content (AvgIpc) is 2.70. The fourth-order valence-electron chi connectivity index (χ4n) is 3.02. The summed E-state index contributed by atoms with van der Waals surface area (Å²) in [5, 5.41) is 0. The van der Waals surface area contributed by atoms with Gasteiger partial charge in [-0.3, -0.25) is 4.90 Å². The molecule has 0 spiro atoms. The first-order valence-electron chi connectivity index (χ1n) is 9.22. The standard InChI is InChI=1S/C20H26N2O4S/c1-3-22(4-2)15-17-8-6-5-7-16(17)14-21-27(23,24)18-9-10-19-20(13-18)26-12-11-25-19/h5-10,13,21H,3-4,11-12,14-15H2,1-2H3. The zero-order valence-corrected chi connectivity index (χ0v) is 16.6. The minimum Gasteiger partial charge on any atom is -0.486 e. The van der Waals surface area contributed by atoms with E-state index in [1.807, 2.05) is 24.3 Å². The van der Waals surface area contributed by atoms with Gasteiger partial charge in [0.1, 0.15) is 13.2 Å². The molecule has 0 amide bonds. The van der Waals surface area contributed by atoms with E-state index in [0.717, 1.165) is 30.8 Å². The lowest BCUT2D eigenvalue weighted by Gasteiger charge is -2.20. The van der Waals surface area contributed by atoms with Gasteiger partial charge in [-0.25, -0.2) is 13.1 Å². The molecule has 146 valence electrons. The van der Waals surface area contributed by atoms with Gasteiger partial charge in [-0.15, -0.1) is 0 Å². The number of rotatable bonds is 8. The Hall–Kier alpha value is -2.09.